The summed E-state index contributed by atoms with van der Waals surface area (Å²) in [6.45, 7) is 3.53. The highest BCUT2D eigenvalue weighted by atomic mass is 16.5. The molecule has 0 aromatic rings. The molecule has 1 aliphatic rings. The Morgan fingerprint density at radius 2 is 1.89 bits per heavy atom. The van der Waals surface area contributed by atoms with Crippen LogP contribution in [0.25, 0.3) is 0 Å². The Balaban J connectivity index is 2.17. The summed E-state index contributed by atoms with van der Waals surface area (Å²) in [7, 11) is 1.63. The Hall–Kier alpha value is -0.200. The summed E-state index contributed by atoms with van der Waals surface area (Å²) in [5.41, 5.74) is 5.55. The van der Waals surface area contributed by atoms with Crippen LogP contribution in [-0.2, 0) is 14.2 Å². The van der Waals surface area contributed by atoms with Crippen LogP contribution in [0.2, 0.25) is 0 Å². The van der Waals surface area contributed by atoms with Crippen LogP contribution in [0.1, 0.15) is 32.6 Å². The topological polar surface area (TPSA) is 73.9 Å². The van der Waals surface area contributed by atoms with Gasteiger partial charge in [0.1, 0.15) is 6.10 Å². The Bertz CT molecular complexity index is 219. The van der Waals surface area contributed by atoms with E-state index < -0.39 is 6.10 Å². The average molecular weight is 261 g/mol. The average Bonchev–Trinajstić information content (AvgIpc) is 2.84. The van der Waals surface area contributed by atoms with E-state index in [1.807, 2.05) is 6.92 Å². The van der Waals surface area contributed by atoms with Crippen LogP contribution in [0.4, 0.5) is 0 Å². The lowest BCUT2D eigenvalue weighted by atomic mass is 10.0. The molecule has 0 aromatic heterocycles. The molecular weight excluding hydrogens is 234 g/mol. The number of rotatable bonds is 9. The highest BCUT2D eigenvalue weighted by Gasteiger charge is 2.33. The highest BCUT2D eigenvalue weighted by molar-refractivity contribution is 4.87. The molecule has 108 valence electrons. The smallest absolute Gasteiger partial charge is 0.101 e. The zero-order chi connectivity index (χ0) is 13.4. The molecule has 1 fully saturated rings. The number of ether oxygens (including phenoxy) is 3. The molecule has 0 aromatic carbocycles. The lowest BCUT2D eigenvalue weighted by molar-refractivity contribution is -0.0999. The number of hydrogen-bond donors (Lipinski definition) is 2. The molecule has 0 amide bonds. The Kier molecular flexibility index (Phi) is 7.11. The minimum absolute atomic E-state index is 0.0143. The SMILES string of the molecule is COCC(C)OCC(O)COC1(CN)CCCC1. The van der Waals surface area contributed by atoms with Gasteiger partial charge in [-0.15, -0.1) is 0 Å². The number of aliphatic hydroxyl groups excluding tert-OH is 1. The third kappa shape index (κ3) is 5.20. The van der Waals surface area contributed by atoms with Gasteiger partial charge < -0.3 is 25.1 Å². The maximum atomic E-state index is 9.80. The van der Waals surface area contributed by atoms with E-state index in [9.17, 15) is 5.11 Å². The van der Waals surface area contributed by atoms with Gasteiger partial charge >= 0.3 is 0 Å². The fourth-order valence-corrected chi connectivity index (χ4v) is 2.31. The highest BCUT2D eigenvalue weighted by Crippen LogP contribution is 2.32. The summed E-state index contributed by atoms with van der Waals surface area (Å²) in [4.78, 5) is 0. The summed E-state index contributed by atoms with van der Waals surface area (Å²) >= 11 is 0. The van der Waals surface area contributed by atoms with Crippen molar-refractivity contribution >= 4 is 0 Å². The zero-order valence-corrected chi connectivity index (χ0v) is 11.6. The lowest BCUT2D eigenvalue weighted by Gasteiger charge is -2.29. The second-order valence-corrected chi connectivity index (χ2v) is 5.16. The maximum absolute atomic E-state index is 9.80. The van der Waals surface area contributed by atoms with Crippen LogP contribution >= 0.6 is 0 Å². The number of methoxy groups -OCH3 is 1. The molecule has 2 unspecified atom stereocenters. The minimum Gasteiger partial charge on any atom is -0.388 e. The largest absolute Gasteiger partial charge is 0.388 e. The summed E-state index contributed by atoms with van der Waals surface area (Å²) in [6.07, 6.45) is 3.70. The van der Waals surface area contributed by atoms with Gasteiger partial charge in [0.25, 0.3) is 0 Å². The molecule has 0 heterocycles. The van der Waals surface area contributed by atoms with E-state index in [2.05, 4.69) is 0 Å². The number of hydrogen-bond acceptors (Lipinski definition) is 5. The van der Waals surface area contributed by atoms with Crippen molar-refractivity contribution in [3.8, 4) is 0 Å². The van der Waals surface area contributed by atoms with Gasteiger partial charge in [0.2, 0.25) is 0 Å². The van der Waals surface area contributed by atoms with Crippen molar-refractivity contribution in [1.29, 1.82) is 0 Å². The van der Waals surface area contributed by atoms with E-state index in [-0.39, 0.29) is 24.9 Å². The molecule has 5 nitrogen and oxygen atoms in total. The fourth-order valence-electron chi connectivity index (χ4n) is 2.31. The molecule has 0 radical (unpaired) electrons. The predicted molar refractivity (Wildman–Crippen MR) is 69.5 cm³/mol. The molecule has 2 atom stereocenters. The minimum atomic E-state index is -0.603. The predicted octanol–water partition coefficient (Wildman–Crippen LogP) is 0.687. The Morgan fingerprint density at radius 3 is 2.44 bits per heavy atom. The molecule has 1 aliphatic carbocycles. The van der Waals surface area contributed by atoms with Gasteiger partial charge in [-0.25, -0.2) is 0 Å². The van der Waals surface area contributed by atoms with Gasteiger partial charge in [-0.2, -0.15) is 0 Å². The van der Waals surface area contributed by atoms with Gasteiger partial charge in [-0.3, -0.25) is 0 Å². The first-order chi connectivity index (χ1) is 8.62. The fraction of sp³-hybridized carbons (Fsp3) is 1.00. The number of nitrogens with two attached hydrogens (primary N) is 1. The Morgan fingerprint density at radius 1 is 1.22 bits per heavy atom. The summed E-state index contributed by atoms with van der Waals surface area (Å²) in [5.74, 6) is 0. The summed E-state index contributed by atoms with van der Waals surface area (Å²) in [5, 5.41) is 9.80. The summed E-state index contributed by atoms with van der Waals surface area (Å²) in [6, 6.07) is 0. The molecule has 0 saturated heterocycles. The molecule has 18 heavy (non-hydrogen) atoms. The van der Waals surface area contributed by atoms with Crippen molar-refractivity contribution in [3.63, 3.8) is 0 Å². The van der Waals surface area contributed by atoms with Gasteiger partial charge in [0.15, 0.2) is 0 Å². The third-order valence-electron chi connectivity index (χ3n) is 3.44. The van der Waals surface area contributed by atoms with E-state index in [0.29, 0.717) is 13.2 Å². The van der Waals surface area contributed by atoms with E-state index in [0.717, 1.165) is 25.7 Å². The normalized spacial score (nSPS) is 22.0. The van der Waals surface area contributed by atoms with Crippen LogP contribution in [0.5, 0.6) is 0 Å². The van der Waals surface area contributed by atoms with Crippen molar-refractivity contribution in [2.45, 2.75) is 50.4 Å². The zero-order valence-electron chi connectivity index (χ0n) is 11.6. The van der Waals surface area contributed by atoms with E-state index in [4.69, 9.17) is 19.9 Å². The first kappa shape index (κ1) is 15.9. The van der Waals surface area contributed by atoms with E-state index in [1.165, 1.54) is 0 Å². The molecule has 3 N–H and O–H groups in total. The van der Waals surface area contributed by atoms with Crippen molar-refractivity contribution < 1.29 is 19.3 Å². The van der Waals surface area contributed by atoms with Crippen LogP contribution in [0.3, 0.4) is 0 Å². The van der Waals surface area contributed by atoms with Crippen molar-refractivity contribution in [1.82, 2.24) is 0 Å². The van der Waals surface area contributed by atoms with E-state index in [1.54, 1.807) is 7.11 Å². The second-order valence-electron chi connectivity index (χ2n) is 5.16. The second kappa shape index (κ2) is 8.07. The standard InChI is InChI=1S/C13H27NO4/c1-11(7-16-2)17-8-12(15)9-18-13(10-14)5-3-4-6-13/h11-12,15H,3-10,14H2,1-2H3. The van der Waals surface area contributed by atoms with Gasteiger partial charge in [0, 0.05) is 13.7 Å². The van der Waals surface area contributed by atoms with Crippen LogP contribution in [0.15, 0.2) is 0 Å². The van der Waals surface area contributed by atoms with Crippen molar-refractivity contribution in [2.75, 3.05) is 33.5 Å². The molecule has 1 rings (SSSR count). The molecule has 0 bridgehead atoms. The number of aliphatic hydroxyl groups is 1. The van der Waals surface area contributed by atoms with Gasteiger partial charge in [0.05, 0.1) is 31.5 Å². The molecule has 5 heteroatoms. The van der Waals surface area contributed by atoms with Crippen LogP contribution < -0.4 is 5.73 Å². The summed E-state index contributed by atoms with van der Waals surface area (Å²) < 4.78 is 16.2. The van der Waals surface area contributed by atoms with Crippen LogP contribution in [0, 0.1) is 0 Å². The third-order valence-corrected chi connectivity index (χ3v) is 3.44. The monoisotopic (exact) mass is 261 g/mol. The molecular formula is C13H27NO4. The van der Waals surface area contributed by atoms with Crippen LogP contribution in [-0.4, -0.2) is 56.4 Å². The quantitative estimate of drug-likeness (QED) is 0.638. The first-order valence-corrected chi connectivity index (χ1v) is 6.74. The van der Waals surface area contributed by atoms with E-state index >= 15 is 0 Å². The van der Waals surface area contributed by atoms with Gasteiger partial charge in [-0.05, 0) is 19.8 Å². The molecule has 1 saturated carbocycles. The van der Waals surface area contributed by atoms with Gasteiger partial charge in [-0.1, -0.05) is 12.8 Å². The first-order valence-electron chi connectivity index (χ1n) is 6.74. The molecule has 0 aliphatic heterocycles. The maximum Gasteiger partial charge on any atom is 0.101 e. The molecule has 0 spiro atoms. The van der Waals surface area contributed by atoms with Crippen molar-refractivity contribution in [3.05, 3.63) is 0 Å². The Labute approximate surface area is 110 Å². The lowest BCUT2D eigenvalue weighted by Crippen LogP contribution is -2.40. The van der Waals surface area contributed by atoms with Crippen molar-refractivity contribution in [2.24, 2.45) is 5.73 Å².